The molecular weight excluding hydrogens is 293 g/mol. The highest BCUT2D eigenvalue weighted by Gasteiger charge is 2.06. The predicted molar refractivity (Wildman–Crippen MR) is 81.3 cm³/mol. The largest absolute Gasteiger partial charge is 0.493 e. The third-order valence-corrected chi connectivity index (χ3v) is 3.11. The van der Waals surface area contributed by atoms with E-state index in [9.17, 15) is 9.18 Å². The van der Waals surface area contributed by atoms with Crippen molar-refractivity contribution in [3.8, 4) is 5.75 Å². The number of carbonyl (C=O) groups excluding carboxylic acids is 1. The number of hydrogen-bond donors (Lipinski definition) is 1. The molecule has 0 saturated heterocycles. The molecule has 0 bridgehead atoms. The minimum Gasteiger partial charge on any atom is -0.493 e. The first-order valence-electron chi connectivity index (χ1n) is 6.49. The molecule has 1 amide bonds. The molecule has 21 heavy (non-hydrogen) atoms. The molecule has 0 fully saturated rings. The molecule has 0 aliphatic heterocycles. The van der Waals surface area contributed by atoms with E-state index in [1.54, 1.807) is 24.3 Å². The summed E-state index contributed by atoms with van der Waals surface area (Å²) in [5.74, 6) is -0.184. The second-order valence-corrected chi connectivity index (χ2v) is 4.99. The first-order valence-corrected chi connectivity index (χ1v) is 6.87. The molecule has 0 radical (unpaired) electrons. The summed E-state index contributed by atoms with van der Waals surface area (Å²) in [5.41, 5.74) is 1.59. The Balaban J connectivity index is 1.82. The van der Waals surface area contributed by atoms with Gasteiger partial charge in [-0.05, 0) is 36.8 Å². The maximum atomic E-state index is 12.9. The van der Waals surface area contributed by atoms with Gasteiger partial charge in [0.1, 0.15) is 11.6 Å². The zero-order valence-electron chi connectivity index (χ0n) is 11.5. The fraction of sp³-hybridized carbons (Fsp3) is 0.188. The second kappa shape index (κ2) is 7.09. The van der Waals surface area contributed by atoms with Crippen LogP contribution in [0.5, 0.6) is 5.75 Å². The molecule has 2 rings (SSSR count). The summed E-state index contributed by atoms with van der Waals surface area (Å²) < 4.78 is 18.3. The number of carbonyl (C=O) groups is 1. The smallest absolute Gasteiger partial charge is 0.227 e. The predicted octanol–water partition coefficient (Wildman–Crippen LogP) is 4.20. The molecule has 5 heteroatoms. The summed E-state index contributed by atoms with van der Waals surface area (Å²) in [7, 11) is 0. The van der Waals surface area contributed by atoms with Crippen LogP contribution in [0.4, 0.5) is 10.1 Å². The van der Waals surface area contributed by atoms with E-state index in [1.165, 1.54) is 12.1 Å². The van der Waals surface area contributed by atoms with E-state index in [0.717, 1.165) is 5.56 Å². The van der Waals surface area contributed by atoms with Gasteiger partial charge in [0.05, 0.1) is 23.7 Å². The summed E-state index contributed by atoms with van der Waals surface area (Å²) in [4.78, 5) is 11.8. The molecule has 0 aliphatic carbocycles. The number of aryl methyl sites for hydroxylation is 1. The molecule has 0 saturated carbocycles. The van der Waals surface area contributed by atoms with Crippen molar-refractivity contribution < 1.29 is 13.9 Å². The van der Waals surface area contributed by atoms with Gasteiger partial charge >= 0.3 is 0 Å². The SMILES string of the molecule is Cc1ccc(NC(=O)CCOc2cccc(F)c2)c(Cl)c1. The van der Waals surface area contributed by atoms with Gasteiger partial charge in [0.25, 0.3) is 0 Å². The van der Waals surface area contributed by atoms with Crippen LogP contribution in [0.1, 0.15) is 12.0 Å². The monoisotopic (exact) mass is 307 g/mol. The molecular formula is C16H15ClFNO2. The highest BCUT2D eigenvalue weighted by atomic mass is 35.5. The van der Waals surface area contributed by atoms with Crippen LogP contribution in [0.2, 0.25) is 5.02 Å². The van der Waals surface area contributed by atoms with E-state index in [4.69, 9.17) is 16.3 Å². The Bertz CT molecular complexity index is 646. The Labute approximate surface area is 127 Å². The lowest BCUT2D eigenvalue weighted by Gasteiger charge is -2.09. The number of amides is 1. The third kappa shape index (κ3) is 4.76. The second-order valence-electron chi connectivity index (χ2n) is 4.59. The average Bonchev–Trinajstić information content (AvgIpc) is 2.42. The first-order chi connectivity index (χ1) is 10.0. The Morgan fingerprint density at radius 1 is 1.29 bits per heavy atom. The number of nitrogens with one attached hydrogen (secondary N) is 1. The fourth-order valence-electron chi connectivity index (χ4n) is 1.75. The topological polar surface area (TPSA) is 38.3 Å². The van der Waals surface area contributed by atoms with Crippen LogP contribution in [0.3, 0.4) is 0 Å². The maximum Gasteiger partial charge on any atom is 0.227 e. The highest BCUT2D eigenvalue weighted by Crippen LogP contribution is 2.22. The van der Waals surface area contributed by atoms with Gasteiger partial charge in [-0.25, -0.2) is 4.39 Å². The summed E-state index contributed by atoms with van der Waals surface area (Å²) in [6, 6.07) is 11.2. The molecule has 3 nitrogen and oxygen atoms in total. The lowest BCUT2D eigenvalue weighted by molar-refractivity contribution is -0.116. The highest BCUT2D eigenvalue weighted by molar-refractivity contribution is 6.33. The van der Waals surface area contributed by atoms with Crippen LogP contribution in [0.15, 0.2) is 42.5 Å². The van der Waals surface area contributed by atoms with Crippen molar-refractivity contribution in [3.63, 3.8) is 0 Å². The molecule has 2 aromatic rings. The minimum absolute atomic E-state index is 0.153. The molecule has 2 aromatic carbocycles. The fourth-order valence-corrected chi connectivity index (χ4v) is 2.03. The van der Waals surface area contributed by atoms with Crippen LogP contribution >= 0.6 is 11.6 Å². The van der Waals surface area contributed by atoms with E-state index in [-0.39, 0.29) is 24.8 Å². The van der Waals surface area contributed by atoms with Crippen molar-refractivity contribution in [3.05, 3.63) is 58.9 Å². The van der Waals surface area contributed by atoms with Crippen LogP contribution in [-0.4, -0.2) is 12.5 Å². The van der Waals surface area contributed by atoms with E-state index >= 15 is 0 Å². The summed E-state index contributed by atoms with van der Waals surface area (Å²) >= 11 is 6.03. The van der Waals surface area contributed by atoms with Gasteiger partial charge in [-0.3, -0.25) is 4.79 Å². The first kappa shape index (κ1) is 15.3. The Morgan fingerprint density at radius 3 is 2.81 bits per heavy atom. The van der Waals surface area contributed by atoms with Gasteiger partial charge in [0.2, 0.25) is 5.91 Å². The van der Waals surface area contributed by atoms with E-state index < -0.39 is 0 Å². The van der Waals surface area contributed by atoms with Crippen LogP contribution in [0.25, 0.3) is 0 Å². The van der Waals surface area contributed by atoms with Crippen LogP contribution in [-0.2, 0) is 4.79 Å². The molecule has 0 atom stereocenters. The average molecular weight is 308 g/mol. The number of anilines is 1. The summed E-state index contributed by atoms with van der Waals surface area (Å²) in [6.07, 6.45) is 0.153. The normalized spacial score (nSPS) is 10.2. The van der Waals surface area contributed by atoms with Crippen molar-refractivity contribution >= 4 is 23.2 Å². The Kier molecular flexibility index (Phi) is 5.17. The van der Waals surface area contributed by atoms with Crippen molar-refractivity contribution in [1.82, 2.24) is 0 Å². The summed E-state index contributed by atoms with van der Waals surface area (Å²) in [5, 5.41) is 3.20. The van der Waals surface area contributed by atoms with Gasteiger partial charge in [-0.15, -0.1) is 0 Å². The lowest BCUT2D eigenvalue weighted by atomic mass is 10.2. The molecule has 110 valence electrons. The van der Waals surface area contributed by atoms with Gasteiger partial charge in [0, 0.05) is 6.07 Å². The molecule has 0 spiro atoms. The molecule has 0 aromatic heterocycles. The van der Waals surface area contributed by atoms with Gasteiger partial charge < -0.3 is 10.1 Å². The standard InChI is InChI=1S/C16H15ClFNO2/c1-11-5-6-15(14(17)9-11)19-16(20)7-8-21-13-4-2-3-12(18)10-13/h2-6,9-10H,7-8H2,1H3,(H,19,20). The number of rotatable bonds is 5. The van der Waals surface area contributed by atoms with Gasteiger partial charge in [0.15, 0.2) is 0 Å². The van der Waals surface area contributed by atoms with Crippen molar-refractivity contribution in [2.45, 2.75) is 13.3 Å². The molecule has 0 aliphatic rings. The minimum atomic E-state index is -0.372. The zero-order valence-corrected chi connectivity index (χ0v) is 12.3. The van der Waals surface area contributed by atoms with E-state index in [2.05, 4.69) is 5.32 Å². The van der Waals surface area contributed by atoms with Crippen LogP contribution in [0, 0.1) is 12.7 Å². The molecule has 0 unspecified atom stereocenters. The van der Waals surface area contributed by atoms with E-state index in [1.807, 2.05) is 13.0 Å². The van der Waals surface area contributed by atoms with Crippen LogP contribution < -0.4 is 10.1 Å². The molecule has 0 heterocycles. The Morgan fingerprint density at radius 2 is 2.10 bits per heavy atom. The maximum absolute atomic E-state index is 12.9. The van der Waals surface area contributed by atoms with Gasteiger partial charge in [-0.1, -0.05) is 23.7 Å². The third-order valence-electron chi connectivity index (χ3n) is 2.79. The molecule has 1 N–H and O–H groups in total. The zero-order chi connectivity index (χ0) is 15.2. The van der Waals surface area contributed by atoms with Crippen molar-refractivity contribution in [2.75, 3.05) is 11.9 Å². The van der Waals surface area contributed by atoms with Gasteiger partial charge in [-0.2, -0.15) is 0 Å². The van der Waals surface area contributed by atoms with Crippen molar-refractivity contribution in [2.24, 2.45) is 0 Å². The lowest BCUT2D eigenvalue weighted by Crippen LogP contribution is -2.15. The number of halogens is 2. The number of ether oxygens (including phenoxy) is 1. The Hall–Kier alpha value is -2.07. The number of benzene rings is 2. The van der Waals surface area contributed by atoms with Crippen molar-refractivity contribution in [1.29, 1.82) is 0 Å². The van der Waals surface area contributed by atoms with E-state index in [0.29, 0.717) is 16.5 Å². The quantitative estimate of drug-likeness (QED) is 0.899. The number of hydrogen-bond acceptors (Lipinski definition) is 2. The summed E-state index contributed by atoms with van der Waals surface area (Å²) in [6.45, 7) is 2.09.